The van der Waals surface area contributed by atoms with Gasteiger partial charge in [-0.15, -0.1) is 0 Å². The highest BCUT2D eigenvalue weighted by Gasteiger charge is 2.40. The van der Waals surface area contributed by atoms with Gasteiger partial charge in [-0.25, -0.2) is 23.9 Å². The van der Waals surface area contributed by atoms with Gasteiger partial charge in [-0.3, -0.25) is 14.0 Å². The number of carboxylic acid groups (broad SMARTS) is 1. The normalized spacial score (nSPS) is 17.4. The van der Waals surface area contributed by atoms with Crippen molar-refractivity contribution in [2.75, 3.05) is 72.4 Å². The Bertz CT molecular complexity index is 2260. The molecular weight excluding hydrogens is 868 g/mol. The first kappa shape index (κ1) is 50.5. The number of amides is 2. The van der Waals surface area contributed by atoms with Crippen LogP contribution < -0.4 is 26.0 Å². The van der Waals surface area contributed by atoms with Crippen LogP contribution in [0.1, 0.15) is 42.1 Å². The van der Waals surface area contributed by atoms with Crippen molar-refractivity contribution in [3.63, 3.8) is 0 Å². The summed E-state index contributed by atoms with van der Waals surface area (Å²) in [5, 5.41) is 19.8. The maximum Gasteiger partial charge on any atom is 0.490 e. The van der Waals surface area contributed by atoms with Gasteiger partial charge in [0.1, 0.15) is 0 Å². The summed E-state index contributed by atoms with van der Waals surface area (Å²) in [5.74, 6) is -6.01. The number of hydrogen-bond acceptors (Lipinski definition) is 10. The Hall–Kier alpha value is -6.10. The molecule has 350 valence electrons. The van der Waals surface area contributed by atoms with E-state index in [-0.39, 0.29) is 29.0 Å². The maximum absolute atomic E-state index is 14.9. The maximum atomic E-state index is 14.9. The van der Waals surface area contributed by atoms with Gasteiger partial charge in [-0.1, -0.05) is 6.92 Å². The summed E-state index contributed by atoms with van der Waals surface area (Å²) < 4.78 is 105. The van der Waals surface area contributed by atoms with Crippen LogP contribution in [0.2, 0.25) is 0 Å². The van der Waals surface area contributed by atoms with Crippen molar-refractivity contribution < 1.29 is 73.4 Å². The molecule has 2 aromatic heterocycles. The lowest BCUT2D eigenvalue weighted by atomic mass is 9.92. The highest BCUT2D eigenvalue weighted by Crippen LogP contribution is 2.32. The number of imidazole rings is 1. The van der Waals surface area contributed by atoms with Gasteiger partial charge in [0.2, 0.25) is 11.7 Å². The average Bonchev–Trinajstić information content (AvgIpc) is 3.67. The summed E-state index contributed by atoms with van der Waals surface area (Å²) in [6.45, 7) is 8.46. The number of likely N-dealkylation sites (tertiary alicyclic amines) is 1. The van der Waals surface area contributed by atoms with Crippen molar-refractivity contribution in [1.29, 1.82) is 0 Å². The molecule has 0 saturated carbocycles. The number of aryl methyl sites for hydroxylation is 1. The number of hydrogen-bond donors (Lipinski definition) is 5. The molecule has 4 heterocycles. The van der Waals surface area contributed by atoms with Crippen molar-refractivity contribution in [2.24, 2.45) is 11.8 Å². The van der Waals surface area contributed by atoms with E-state index in [9.17, 15) is 49.5 Å². The zero-order chi connectivity index (χ0) is 47.4. The summed E-state index contributed by atoms with van der Waals surface area (Å²) in [7, 11) is 4.27. The number of alkyl halides is 6. The number of carbonyl (C=O) groups is 4. The van der Waals surface area contributed by atoms with Crippen LogP contribution >= 0.6 is 0 Å². The average molecular weight is 918 g/mol. The number of piperidine rings is 1. The van der Waals surface area contributed by atoms with Crippen molar-refractivity contribution in [2.45, 2.75) is 45.0 Å². The molecule has 0 radical (unpaired) electrons. The fourth-order valence-corrected chi connectivity index (χ4v) is 7.01. The molecule has 0 atom stereocenters. The zero-order valence-corrected chi connectivity index (χ0v) is 35.3. The van der Waals surface area contributed by atoms with E-state index in [0.717, 1.165) is 55.0 Å². The summed E-state index contributed by atoms with van der Waals surface area (Å²) in [6, 6.07) is 8.26. The van der Waals surface area contributed by atoms with Gasteiger partial charge in [-0.05, 0) is 48.7 Å². The SMILES string of the molecule is CCc1cc(Nc2nccn3c(-c4ccc(OC)c(F)c4F)cnc23)ccc1C(=O)NCCCNC(=O)C1CC[N+](C)(CC2CNC2)CC1.COC(=O)C(F)(F)F.O=C(O)C(F)(F)F. The van der Waals surface area contributed by atoms with Crippen LogP contribution in [0.4, 0.5) is 46.6 Å². The van der Waals surface area contributed by atoms with E-state index < -0.39 is 35.9 Å². The Morgan fingerprint density at radius 3 is 2.14 bits per heavy atom. The quantitative estimate of drug-likeness (QED) is 0.0483. The molecule has 0 aliphatic carbocycles. The van der Waals surface area contributed by atoms with E-state index in [1.165, 1.54) is 32.0 Å². The molecule has 15 nitrogen and oxygen atoms in total. The van der Waals surface area contributed by atoms with Crippen LogP contribution in [-0.2, 0) is 25.5 Å². The predicted molar refractivity (Wildman–Crippen MR) is 216 cm³/mol. The topological polar surface area (TPSA) is 185 Å². The van der Waals surface area contributed by atoms with E-state index in [0.29, 0.717) is 61.5 Å². The van der Waals surface area contributed by atoms with Crippen molar-refractivity contribution in [1.82, 2.24) is 30.3 Å². The number of nitrogens with zero attached hydrogens (tertiary/aromatic N) is 4. The number of halogens is 8. The van der Waals surface area contributed by atoms with E-state index in [1.807, 2.05) is 13.0 Å². The van der Waals surface area contributed by atoms with Gasteiger partial charge < -0.3 is 40.3 Å². The third-order valence-electron chi connectivity index (χ3n) is 10.5. The van der Waals surface area contributed by atoms with Gasteiger partial charge in [-0.2, -0.15) is 30.7 Å². The van der Waals surface area contributed by atoms with Crippen molar-refractivity contribution >= 4 is 40.9 Å². The Morgan fingerprint density at radius 1 is 0.938 bits per heavy atom. The smallest absolute Gasteiger partial charge is 0.490 e. The van der Waals surface area contributed by atoms with Gasteiger partial charge in [0, 0.05) is 80.1 Å². The van der Waals surface area contributed by atoms with Crippen LogP contribution in [-0.4, -0.2) is 127 Å². The molecule has 2 aliphatic rings. The molecule has 23 heteroatoms. The predicted octanol–water partition coefficient (Wildman–Crippen LogP) is 5.66. The Morgan fingerprint density at radius 2 is 1.59 bits per heavy atom. The van der Waals surface area contributed by atoms with Crippen LogP contribution in [0.3, 0.4) is 0 Å². The number of ether oxygens (including phenoxy) is 2. The number of quaternary nitrogens is 1. The first-order valence-corrected chi connectivity index (χ1v) is 19.9. The van der Waals surface area contributed by atoms with Crippen LogP contribution in [0.25, 0.3) is 16.9 Å². The fraction of sp³-hybridized carbons (Fsp3) is 0.463. The fourth-order valence-electron chi connectivity index (χ4n) is 7.01. The largest absolute Gasteiger partial charge is 0.494 e. The molecule has 6 rings (SSSR count). The summed E-state index contributed by atoms with van der Waals surface area (Å²) in [4.78, 5) is 53.1. The lowest BCUT2D eigenvalue weighted by Gasteiger charge is -2.44. The lowest BCUT2D eigenvalue weighted by molar-refractivity contribution is -0.918. The Balaban J connectivity index is 0.000000513. The number of esters is 1. The van der Waals surface area contributed by atoms with Gasteiger partial charge in [0.05, 0.1) is 52.8 Å². The van der Waals surface area contributed by atoms with E-state index in [1.54, 1.807) is 28.9 Å². The highest BCUT2D eigenvalue weighted by molar-refractivity contribution is 5.96. The van der Waals surface area contributed by atoms with Crippen LogP contribution in [0.15, 0.2) is 48.9 Å². The van der Waals surface area contributed by atoms with Gasteiger partial charge >= 0.3 is 24.3 Å². The summed E-state index contributed by atoms with van der Waals surface area (Å²) in [6.07, 6.45) is -2.20. The second-order valence-electron chi connectivity index (χ2n) is 15.1. The van der Waals surface area contributed by atoms with Crippen molar-refractivity contribution in [3.05, 3.63) is 71.7 Å². The number of carboxylic acids is 1. The third-order valence-corrected chi connectivity index (χ3v) is 10.5. The first-order valence-electron chi connectivity index (χ1n) is 19.9. The summed E-state index contributed by atoms with van der Waals surface area (Å²) in [5.41, 5.74) is 2.93. The highest BCUT2D eigenvalue weighted by atomic mass is 19.4. The number of methoxy groups -OCH3 is 2. The minimum absolute atomic E-state index is 0.0395. The molecule has 2 fully saturated rings. The Kier molecular flexibility index (Phi) is 17.4. The number of benzene rings is 2. The lowest BCUT2D eigenvalue weighted by Crippen LogP contribution is -2.58. The molecular formula is C41H49F8N8O7+. The number of aliphatic carboxylic acids is 1. The monoisotopic (exact) mass is 917 g/mol. The summed E-state index contributed by atoms with van der Waals surface area (Å²) >= 11 is 0. The Labute approximate surface area is 362 Å². The molecule has 2 aliphatic heterocycles. The molecule has 4 aromatic rings. The molecule has 64 heavy (non-hydrogen) atoms. The van der Waals surface area contributed by atoms with Crippen LogP contribution in [0, 0.1) is 23.5 Å². The van der Waals surface area contributed by atoms with Crippen LogP contribution in [0.5, 0.6) is 5.75 Å². The second-order valence-corrected chi connectivity index (χ2v) is 15.1. The first-order chi connectivity index (χ1) is 30.1. The minimum atomic E-state index is -5.08. The molecule has 2 saturated heterocycles. The number of aromatic nitrogens is 3. The number of rotatable bonds is 13. The molecule has 5 N–H and O–H groups in total. The van der Waals surface area contributed by atoms with E-state index in [4.69, 9.17) is 14.6 Å². The van der Waals surface area contributed by atoms with Crippen molar-refractivity contribution in [3.8, 4) is 17.0 Å². The number of fused-ring (bicyclic) bond motifs is 1. The molecule has 2 aromatic carbocycles. The van der Waals surface area contributed by atoms with E-state index in [2.05, 4.69) is 43.0 Å². The minimum Gasteiger partial charge on any atom is -0.494 e. The zero-order valence-electron chi connectivity index (χ0n) is 35.3. The number of anilines is 2. The molecule has 0 unspecified atom stereocenters. The van der Waals surface area contributed by atoms with Gasteiger partial charge in [0.25, 0.3) is 5.91 Å². The molecule has 2 amide bonds. The van der Waals surface area contributed by atoms with E-state index >= 15 is 0 Å². The third kappa shape index (κ3) is 13.5. The molecule has 0 spiro atoms. The van der Waals surface area contributed by atoms with Gasteiger partial charge in [0.15, 0.2) is 23.0 Å². The number of nitrogens with one attached hydrogen (secondary N) is 4. The second kappa shape index (κ2) is 22.0. The molecule has 0 bridgehead atoms. The standard InChI is InChI=1S/C36H44F2N8O3.C3H3F3O2.C2HF3O2/c1-4-24-18-26(44-33-34-43-21-29(45(34)15-14-40-33)28-8-9-30(49-3)32(38)31(28)37)6-7-27(24)36(48)42-13-5-12-41-35(47)25-10-16-46(2,17-11-25)22-23-19-39-20-23;1-8-2(7)3(4,5)6;3-2(4,5)1(6)7/h6-9,14-15,18,21,23,25,39H,4-5,10-13,16-17,19-20,22H2,1-3H3,(H2-,40,41,42,44,47,48);1H3;(H,6,7)/p+1. The number of carbonyl (C=O) groups excluding carboxylic acids is 3.